The second-order valence-electron chi connectivity index (χ2n) is 4.76. The first-order chi connectivity index (χ1) is 10.4. The van der Waals surface area contributed by atoms with Crippen LogP contribution in [0.25, 0.3) is 0 Å². The molecule has 0 radical (unpaired) electrons. The number of amides is 1. The van der Waals surface area contributed by atoms with Gasteiger partial charge < -0.3 is 5.32 Å². The Morgan fingerprint density at radius 1 is 1.23 bits per heavy atom. The minimum absolute atomic E-state index is 0.00762. The van der Waals surface area contributed by atoms with E-state index in [1.165, 1.54) is 12.3 Å². The molecule has 1 atom stereocenters. The van der Waals surface area contributed by atoms with E-state index in [1.807, 2.05) is 6.92 Å². The van der Waals surface area contributed by atoms with Crippen LogP contribution in [0.15, 0.2) is 47.9 Å². The minimum atomic E-state index is -3.31. The highest BCUT2D eigenvalue weighted by Gasteiger charge is 2.15. The predicted molar refractivity (Wildman–Crippen MR) is 82.1 cm³/mol. The van der Waals surface area contributed by atoms with Gasteiger partial charge in [-0.2, -0.15) is 0 Å². The smallest absolute Gasteiger partial charge is 0.251 e. The lowest BCUT2D eigenvalue weighted by molar-refractivity contribution is 0.0939. The Hall–Kier alpha value is -2.28. The van der Waals surface area contributed by atoms with Gasteiger partial charge in [0.2, 0.25) is 0 Å². The van der Waals surface area contributed by atoms with Gasteiger partial charge in [0.15, 0.2) is 14.9 Å². The van der Waals surface area contributed by atoms with E-state index in [1.54, 1.807) is 37.5 Å². The van der Waals surface area contributed by atoms with Crippen molar-refractivity contribution in [3.8, 4) is 0 Å². The molecule has 7 heteroatoms. The van der Waals surface area contributed by atoms with E-state index in [2.05, 4.69) is 15.3 Å². The summed E-state index contributed by atoms with van der Waals surface area (Å²) in [5.74, 6) is -0.214. The van der Waals surface area contributed by atoms with Crippen LogP contribution < -0.4 is 5.32 Å². The summed E-state index contributed by atoms with van der Waals surface area (Å²) in [4.78, 5) is 19.9. The molecule has 0 fully saturated rings. The van der Waals surface area contributed by atoms with E-state index in [0.717, 1.165) is 5.56 Å². The summed E-state index contributed by atoms with van der Waals surface area (Å²) in [7, 11) is -3.31. The van der Waals surface area contributed by atoms with Gasteiger partial charge in [-0.15, -0.1) is 0 Å². The predicted octanol–water partition coefficient (Wildman–Crippen LogP) is 1.76. The van der Waals surface area contributed by atoms with Crippen LogP contribution in [-0.2, 0) is 9.84 Å². The molecule has 2 aromatic heterocycles. The van der Waals surface area contributed by atoms with Gasteiger partial charge in [-0.3, -0.25) is 9.78 Å². The summed E-state index contributed by atoms with van der Waals surface area (Å²) >= 11 is 0. The molecule has 116 valence electrons. The number of aromatic nitrogens is 2. The first kappa shape index (κ1) is 16.1. The average Bonchev–Trinajstić information content (AvgIpc) is 2.55. The molecule has 0 unspecified atom stereocenters. The van der Waals surface area contributed by atoms with Gasteiger partial charge in [0.1, 0.15) is 0 Å². The molecule has 0 bridgehead atoms. The van der Waals surface area contributed by atoms with Crippen LogP contribution in [0.1, 0.15) is 35.8 Å². The maximum Gasteiger partial charge on any atom is 0.251 e. The molecule has 2 heterocycles. The van der Waals surface area contributed by atoms with Crippen LogP contribution in [-0.4, -0.2) is 30.0 Å². The zero-order valence-corrected chi connectivity index (χ0v) is 13.2. The standard InChI is InChI=1S/C15H17N3O3S/c1-3-22(20,21)14-5-4-13(10-17-14)11(2)18-15(19)12-6-8-16-9-7-12/h4-11H,3H2,1-2H3,(H,18,19)/t11-/m0/s1. The lowest BCUT2D eigenvalue weighted by atomic mass is 10.1. The van der Waals surface area contributed by atoms with Gasteiger partial charge in [0, 0.05) is 24.2 Å². The van der Waals surface area contributed by atoms with Gasteiger partial charge in [0.05, 0.1) is 11.8 Å². The van der Waals surface area contributed by atoms with E-state index in [4.69, 9.17) is 0 Å². The third-order valence-electron chi connectivity index (χ3n) is 3.25. The second-order valence-corrected chi connectivity index (χ2v) is 6.99. The largest absolute Gasteiger partial charge is 0.345 e. The quantitative estimate of drug-likeness (QED) is 0.907. The van der Waals surface area contributed by atoms with Gasteiger partial charge in [-0.1, -0.05) is 13.0 Å². The van der Waals surface area contributed by atoms with Crippen molar-refractivity contribution in [3.63, 3.8) is 0 Å². The molecule has 6 nitrogen and oxygen atoms in total. The zero-order valence-electron chi connectivity index (χ0n) is 12.4. The maximum absolute atomic E-state index is 12.0. The number of sulfone groups is 1. The van der Waals surface area contributed by atoms with Crippen LogP contribution in [0.2, 0.25) is 0 Å². The number of carbonyl (C=O) groups excluding carboxylic acids is 1. The first-order valence-corrected chi connectivity index (χ1v) is 8.49. The van der Waals surface area contributed by atoms with Gasteiger partial charge in [0.25, 0.3) is 5.91 Å². The van der Waals surface area contributed by atoms with Crippen LogP contribution in [0.4, 0.5) is 0 Å². The summed E-state index contributed by atoms with van der Waals surface area (Å²) in [6, 6.07) is 6.08. The summed E-state index contributed by atoms with van der Waals surface area (Å²) < 4.78 is 23.4. The lowest BCUT2D eigenvalue weighted by Gasteiger charge is -2.14. The highest BCUT2D eigenvalue weighted by molar-refractivity contribution is 7.91. The highest BCUT2D eigenvalue weighted by Crippen LogP contribution is 2.15. The van der Waals surface area contributed by atoms with E-state index < -0.39 is 9.84 Å². The van der Waals surface area contributed by atoms with E-state index in [0.29, 0.717) is 5.56 Å². The Labute approximate surface area is 129 Å². The molecule has 0 aromatic carbocycles. The Morgan fingerprint density at radius 2 is 1.91 bits per heavy atom. The van der Waals surface area contributed by atoms with E-state index in [-0.39, 0.29) is 22.7 Å². The summed E-state index contributed by atoms with van der Waals surface area (Å²) in [5.41, 5.74) is 1.25. The number of carbonyl (C=O) groups is 1. The minimum Gasteiger partial charge on any atom is -0.345 e. The Morgan fingerprint density at radius 3 is 2.45 bits per heavy atom. The summed E-state index contributed by atoms with van der Waals surface area (Å²) in [5, 5.41) is 2.88. The fourth-order valence-electron chi connectivity index (χ4n) is 1.85. The Kier molecular flexibility index (Phi) is 4.87. The van der Waals surface area contributed by atoms with Crippen LogP contribution in [0.3, 0.4) is 0 Å². The fourth-order valence-corrected chi connectivity index (χ4v) is 2.63. The van der Waals surface area contributed by atoms with Crippen molar-refractivity contribution in [1.82, 2.24) is 15.3 Å². The highest BCUT2D eigenvalue weighted by atomic mass is 32.2. The van der Waals surface area contributed by atoms with Crippen LogP contribution >= 0.6 is 0 Å². The number of nitrogens with zero attached hydrogens (tertiary/aromatic N) is 2. The fraction of sp³-hybridized carbons (Fsp3) is 0.267. The van der Waals surface area contributed by atoms with Crippen LogP contribution in [0.5, 0.6) is 0 Å². The van der Waals surface area contributed by atoms with Crippen molar-refractivity contribution in [2.24, 2.45) is 0 Å². The van der Waals surface area contributed by atoms with E-state index in [9.17, 15) is 13.2 Å². The van der Waals surface area contributed by atoms with Crippen LogP contribution in [0, 0.1) is 0 Å². The van der Waals surface area contributed by atoms with Crippen molar-refractivity contribution in [2.75, 3.05) is 5.75 Å². The Bertz CT molecular complexity index is 743. The molecule has 0 saturated heterocycles. The van der Waals surface area contributed by atoms with Crippen molar-refractivity contribution >= 4 is 15.7 Å². The molecule has 22 heavy (non-hydrogen) atoms. The maximum atomic E-state index is 12.0. The monoisotopic (exact) mass is 319 g/mol. The van der Waals surface area contributed by atoms with Crippen molar-refractivity contribution < 1.29 is 13.2 Å². The summed E-state index contributed by atoms with van der Waals surface area (Å²) in [6.45, 7) is 3.38. The number of pyridine rings is 2. The molecule has 0 spiro atoms. The zero-order chi connectivity index (χ0) is 16.2. The molecule has 2 rings (SSSR count). The first-order valence-electron chi connectivity index (χ1n) is 6.83. The topological polar surface area (TPSA) is 89.0 Å². The molecule has 0 saturated carbocycles. The second kappa shape index (κ2) is 6.65. The molecular weight excluding hydrogens is 302 g/mol. The molecular formula is C15H17N3O3S. The summed E-state index contributed by atoms with van der Waals surface area (Å²) in [6.07, 6.45) is 4.57. The molecule has 0 aliphatic rings. The molecule has 2 aromatic rings. The normalized spacial score (nSPS) is 12.6. The van der Waals surface area contributed by atoms with Gasteiger partial charge >= 0.3 is 0 Å². The third-order valence-corrected chi connectivity index (χ3v) is 4.89. The third kappa shape index (κ3) is 3.67. The Balaban J connectivity index is 2.10. The van der Waals surface area contributed by atoms with Crippen molar-refractivity contribution in [1.29, 1.82) is 0 Å². The number of rotatable bonds is 5. The number of hydrogen-bond acceptors (Lipinski definition) is 5. The van der Waals surface area contributed by atoms with Crippen molar-refractivity contribution in [3.05, 3.63) is 54.0 Å². The average molecular weight is 319 g/mol. The number of nitrogens with one attached hydrogen (secondary N) is 1. The lowest BCUT2D eigenvalue weighted by Crippen LogP contribution is -2.26. The van der Waals surface area contributed by atoms with Crippen molar-refractivity contribution in [2.45, 2.75) is 24.9 Å². The molecule has 0 aliphatic carbocycles. The molecule has 0 aliphatic heterocycles. The molecule has 1 amide bonds. The molecule has 1 N–H and O–H groups in total. The van der Waals surface area contributed by atoms with Gasteiger partial charge in [-0.05, 0) is 30.7 Å². The van der Waals surface area contributed by atoms with E-state index >= 15 is 0 Å². The number of hydrogen-bond donors (Lipinski definition) is 1. The van der Waals surface area contributed by atoms with Gasteiger partial charge in [-0.25, -0.2) is 13.4 Å². The SMILES string of the molecule is CCS(=O)(=O)c1ccc([C@H](C)NC(=O)c2ccncc2)cn1.